The van der Waals surface area contributed by atoms with Gasteiger partial charge >= 0.3 is 0 Å². The molecular weight excluding hydrogens is 212 g/mol. The Morgan fingerprint density at radius 1 is 1.54 bits per heavy atom. The van der Waals surface area contributed by atoms with Crippen LogP contribution in [0.1, 0.15) is 13.3 Å². The highest BCUT2D eigenvalue weighted by atomic mass is 35.7. The lowest BCUT2D eigenvalue weighted by atomic mass is 9.95. The molecule has 78 valence electrons. The smallest absolute Gasteiger partial charge is 0.297 e. The number of nitrogens with zero attached hydrogens (tertiary/aromatic N) is 1. The van der Waals surface area contributed by atoms with Crippen LogP contribution in [0, 0.1) is 5.92 Å². The van der Waals surface area contributed by atoms with E-state index < -0.39 is 9.24 Å². The molecule has 0 amide bonds. The van der Waals surface area contributed by atoms with E-state index >= 15 is 0 Å². The average Bonchev–Trinajstić information content (AvgIpc) is 1.93. The Balaban J connectivity index is 2.52. The molecule has 0 radical (unpaired) electrons. The van der Waals surface area contributed by atoms with Crippen LogP contribution in [0.5, 0.6) is 0 Å². The topological polar surface area (TPSA) is 49.4 Å². The van der Waals surface area contributed by atoms with Gasteiger partial charge in [-0.2, -0.15) is 13.1 Å². The van der Waals surface area contributed by atoms with Crippen molar-refractivity contribution in [3.63, 3.8) is 0 Å². The van der Waals surface area contributed by atoms with Crippen molar-refractivity contribution in [3.05, 3.63) is 0 Å². The summed E-state index contributed by atoms with van der Waals surface area (Å²) in [5.41, 5.74) is 0. The van der Waals surface area contributed by atoms with Crippen molar-refractivity contribution >= 4 is 19.9 Å². The lowest BCUT2D eigenvalue weighted by Crippen LogP contribution is -2.47. The summed E-state index contributed by atoms with van der Waals surface area (Å²) in [6.07, 6.45) is 0.823. The van der Waals surface area contributed by atoms with E-state index in [4.69, 9.17) is 10.7 Å². The fraction of sp³-hybridized carbons (Fsp3) is 1.00. The third kappa shape index (κ3) is 3.81. The van der Waals surface area contributed by atoms with Crippen molar-refractivity contribution in [3.8, 4) is 0 Å². The third-order valence-electron chi connectivity index (χ3n) is 2.40. The van der Waals surface area contributed by atoms with Crippen LogP contribution < -0.4 is 4.72 Å². The van der Waals surface area contributed by atoms with Gasteiger partial charge in [-0.3, -0.25) is 0 Å². The second-order valence-electron chi connectivity index (χ2n) is 3.69. The predicted octanol–water partition coefficient (Wildman–Crippen LogP) is 0.400. The maximum atomic E-state index is 10.8. The third-order valence-corrected chi connectivity index (χ3v) is 3.25. The molecule has 4 nitrogen and oxygen atoms in total. The first-order chi connectivity index (χ1) is 5.88. The standard InChI is InChI=1S/C7H15ClN2O2S/c1-6-5-10(2)4-3-7(6)9-13(8,11)12/h6-7,9H,3-5H2,1-2H3. The maximum Gasteiger partial charge on any atom is 0.297 e. The normalized spacial score (nSPS) is 31.9. The lowest BCUT2D eigenvalue weighted by Gasteiger charge is -2.34. The van der Waals surface area contributed by atoms with Gasteiger partial charge in [0.2, 0.25) is 0 Å². The summed E-state index contributed by atoms with van der Waals surface area (Å²) in [6, 6.07) is -0.0151. The van der Waals surface area contributed by atoms with Gasteiger partial charge in [-0.25, -0.2) is 0 Å². The molecule has 1 fully saturated rings. The van der Waals surface area contributed by atoms with Crippen molar-refractivity contribution in [2.24, 2.45) is 5.92 Å². The fourth-order valence-corrected chi connectivity index (χ4v) is 2.77. The highest BCUT2D eigenvalue weighted by Crippen LogP contribution is 2.16. The maximum absolute atomic E-state index is 10.8. The lowest BCUT2D eigenvalue weighted by molar-refractivity contribution is 0.189. The van der Waals surface area contributed by atoms with Gasteiger partial charge < -0.3 is 4.90 Å². The number of hydrogen-bond acceptors (Lipinski definition) is 3. The van der Waals surface area contributed by atoms with Crippen molar-refractivity contribution in [1.82, 2.24) is 9.62 Å². The summed E-state index contributed by atoms with van der Waals surface area (Å²) >= 11 is 0. The molecule has 2 unspecified atom stereocenters. The molecule has 1 rings (SSSR count). The number of piperidine rings is 1. The number of hydrogen-bond donors (Lipinski definition) is 1. The Kier molecular flexibility index (Phi) is 3.57. The summed E-state index contributed by atoms with van der Waals surface area (Å²) in [5.74, 6) is 0.312. The minimum Gasteiger partial charge on any atom is -0.306 e. The van der Waals surface area contributed by atoms with E-state index in [1.165, 1.54) is 0 Å². The molecule has 0 aromatic heterocycles. The van der Waals surface area contributed by atoms with Crippen LogP contribution in [0.2, 0.25) is 0 Å². The highest BCUT2D eigenvalue weighted by Gasteiger charge is 2.26. The minimum atomic E-state index is -3.57. The van der Waals surface area contributed by atoms with Crippen molar-refractivity contribution in [1.29, 1.82) is 0 Å². The second kappa shape index (κ2) is 4.13. The Bertz CT molecular complexity index is 268. The SMILES string of the molecule is CC1CN(C)CCC1NS(=O)(=O)Cl. The number of nitrogens with one attached hydrogen (secondary N) is 1. The zero-order valence-corrected chi connectivity index (χ0v) is 9.40. The Hall–Kier alpha value is 0.160. The van der Waals surface area contributed by atoms with E-state index in [2.05, 4.69) is 9.62 Å². The van der Waals surface area contributed by atoms with E-state index in [-0.39, 0.29) is 6.04 Å². The zero-order valence-electron chi connectivity index (χ0n) is 7.83. The van der Waals surface area contributed by atoms with Gasteiger partial charge in [0, 0.05) is 23.3 Å². The molecule has 1 aliphatic rings. The molecule has 0 bridgehead atoms. The van der Waals surface area contributed by atoms with Gasteiger partial charge in [0.05, 0.1) is 0 Å². The van der Waals surface area contributed by atoms with Crippen molar-refractivity contribution in [2.45, 2.75) is 19.4 Å². The molecule has 0 aromatic carbocycles. The monoisotopic (exact) mass is 226 g/mol. The van der Waals surface area contributed by atoms with Gasteiger partial charge in [-0.05, 0) is 25.9 Å². The Labute approximate surface area is 83.8 Å². The number of halogens is 1. The van der Waals surface area contributed by atoms with Crippen LogP contribution in [-0.2, 0) is 9.24 Å². The van der Waals surface area contributed by atoms with Crippen molar-refractivity contribution < 1.29 is 8.42 Å². The fourth-order valence-electron chi connectivity index (χ4n) is 1.71. The molecule has 2 atom stereocenters. The highest BCUT2D eigenvalue weighted by molar-refractivity contribution is 8.12. The van der Waals surface area contributed by atoms with E-state index in [0.29, 0.717) is 5.92 Å². The summed E-state index contributed by atoms with van der Waals surface area (Å²) < 4.78 is 24.0. The van der Waals surface area contributed by atoms with Gasteiger partial charge in [0.15, 0.2) is 0 Å². The first-order valence-electron chi connectivity index (χ1n) is 4.29. The van der Waals surface area contributed by atoms with Crippen LogP contribution in [-0.4, -0.2) is 39.5 Å². The Morgan fingerprint density at radius 2 is 2.15 bits per heavy atom. The van der Waals surface area contributed by atoms with Gasteiger partial charge in [0.25, 0.3) is 9.24 Å². The summed E-state index contributed by atoms with van der Waals surface area (Å²) in [7, 11) is 3.57. The first kappa shape index (κ1) is 11.2. The predicted molar refractivity (Wildman–Crippen MR) is 53.0 cm³/mol. The molecule has 1 saturated heterocycles. The quantitative estimate of drug-likeness (QED) is 0.694. The van der Waals surface area contributed by atoms with Gasteiger partial charge in [-0.1, -0.05) is 6.92 Å². The summed E-state index contributed by atoms with van der Waals surface area (Å²) in [5, 5.41) is 0. The molecule has 1 heterocycles. The van der Waals surface area contributed by atoms with Crippen LogP contribution in [0.4, 0.5) is 0 Å². The molecule has 1 aliphatic heterocycles. The molecule has 0 saturated carbocycles. The first-order valence-corrected chi connectivity index (χ1v) is 6.60. The number of rotatable bonds is 2. The molecule has 1 N–H and O–H groups in total. The van der Waals surface area contributed by atoms with Gasteiger partial charge in [0.1, 0.15) is 0 Å². The zero-order chi connectivity index (χ0) is 10.1. The molecule has 13 heavy (non-hydrogen) atoms. The molecular formula is C7H15ClN2O2S. The largest absolute Gasteiger partial charge is 0.306 e. The van der Waals surface area contributed by atoms with Crippen molar-refractivity contribution in [2.75, 3.05) is 20.1 Å². The van der Waals surface area contributed by atoms with Crippen LogP contribution in [0.25, 0.3) is 0 Å². The van der Waals surface area contributed by atoms with Crippen LogP contribution in [0.15, 0.2) is 0 Å². The van der Waals surface area contributed by atoms with Gasteiger partial charge in [-0.15, -0.1) is 0 Å². The molecule has 0 aliphatic carbocycles. The van der Waals surface area contributed by atoms with Crippen LogP contribution in [0.3, 0.4) is 0 Å². The summed E-state index contributed by atoms with van der Waals surface area (Å²) in [6.45, 7) is 3.84. The van der Waals surface area contributed by atoms with E-state index in [1.54, 1.807) is 0 Å². The van der Waals surface area contributed by atoms with E-state index in [9.17, 15) is 8.42 Å². The van der Waals surface area contributed by atoms with E-state index in [1.807, 2.05) is 14.0 Å². The molecule has 6 heteroatoms. The summed E-state index contributed by atoms with van der Waals surface area (Å²) in [4.78, 5) is 2.18. The Morgan fingerprint density at radius 3 is 2.62 bits per heavy atom. The average molecular weight is 227 g/mol. The van der Waals surface area contributed by atoms with E-state index in [0.717, 1.165) is 19.5 Å². The second-order valence-corrected chi connectivity index (χ2v) is 6.02. The minimum absolute atomic E-state index is 0.0151. The van der Waals surface area contributed by atoms with Crippen LogP contribution >= 0.6 is 10.7 Å². The number of likely N-dealkylation sites (tertiary alicyclic amines) is 1. The molecule has 0 spiro atoms. The molecule has 0 aromatic rings.